The Balaban J connectivity index is 3.18. The number of carbonyl (C=O) groups excluding carboxylic acids is 2. The number of hydrogen-bond acceptors (Lipinski definition) is 2. The van der Waals surface area contributed by atoms with E-state index >= 15 is 0 Å². The lowest BCUT2D eigenvalue weighted by molar-refractivity contribution is -0.266. The van der Waals surface area contributed by atoms with Crippen molar-refractivity contribution >= 4 is 23.2 Å². The van der Waals surface area contributed by atoms with Crippen LogP contribution in [0.2, 0.25) is 0 Å². The number of halogens is 6. The molecule has 0 aromatic rings. The molecule has 0 spiro atoms. The van der Waals surface area contributed by atoms with E-state index in [1.54, 1.807) is 0 Å². The van der Waals surface area contributed by atoms with E-state index in [1.807, 2.05) is 0 Å². The van der Waals surface area contributed by atoms with Gasteiger partial charge in [0.25, 0.3) is 0 Å². The number of carbonyl (C=O) groups is 2. The number of alkyl halides is 5. The van der Waals surface area contributed by atoms with Crippen LogP contribution in [0.25, 0.3) is 0 Å². The number of allylic oxidation sites excluding steroid dienone is 2. The van der Waals surface area contributed by atoms with Crippen LogP contribution in [-0.2, 0) is 9.59 Å². The van der Waals surface area contributed by atoms with E-state index in [0.717, 1.165) is 0 Å². The van der Waals surface area contributed by atoms with E-state index < -0.39 is 34.3 Å². The third-order valence-electron chi connectivity index (χ3n) is 2.22. The monoisotopic (exact) mass is 276 g/mol. The van der Waals surface area contributed by atoms with Crippen molar-refractivity contribution in [1.29, 1.82) is 0 Å². The third-order valence-corrected chi connectivity index (χ3v) is 2.60. The molecule has 2 nitrogen and oxygen atoms in total. The van der Waals surface area contributed by atoms with Gasteiger partial charge in [0.1, 0.15) is 0 Å². The normalized spacial score (nSPS) is 18.6. The molecule has 1 aliphatic carbocycles. The fourth-order valence-electron chi connectivity index (χ4n) is 1.34. The zero-order valence-electron chi connectivity index (χ0n) is 8.21. The van der Waals surface area contributed by atoms with Crippen LogP contribution in [0, 0.1) is 0 Å². The van der Waals surface area contributed by atoms with Gasteiger partial charge in [0.2, 0.25) is 5.78 Å². The fraction of sp³-hybridized carbons (Fsp3) is 0.556. The second-order valence-electron chi connectivity index (χ2n) is 3.46. The van der Waals surface area contributed by atoms with Crippen LogP contribution >= 0.6 is 11.6 Å². The zero-order chi connectivity index (χ0) is 13.4. The van der Waals surface area contributed by atoms with E-state index in [1.165, 1.54) is 0 Å². The summed E-state index contributed by atoms with van der Waals surface area (Å²) in [6, 6.07) is 0. The highest BCUT2D eigenvalue weighted by molar-refractivity contribution is 6.38. The first-order valence-electron chi connectivity index (χ1n) is 4.50. The van der Waals surface area contributed by atoms with Crippen molar-refractivity contribution in [3.8, 4) is 0 Å². The molecule has 0 heterocycles. The largest absolute Gasteiger partial charge is 0.461 e. The van der Waals surface area contributed by atoms with Crippen LogP contribution in [0.1, 0.15) is 19.3 Å². The van der Waals surface area contributed by atoms with Crippen molar-refractivity contribution in [3.63, 3.8) is 0 Å². The minimum absolute atomic E-state index is 0.0533. The van der Waals surface area contributed by atoms with E-state index in [4.69, 9.17) is 11.6 Å². The topological polar surface area (TPSA) is 34.1 Å². The van der Waals surface area contributed by atoms with Gasteiger partial charge in [0.15, 0.2) is 5.78 Å². The molecular weight excluding hydrogens is 271 g/mol. The highest BCUT2D eigenvalue weighted by Gasteiger charge is 2.64. The molecule has 0 aliphatic heterocycles. The van der Waals surface area contributed by atoms with Crippen molar-refractivity contribution in [1.82, 2.24) is 0 Å². The molecule has 0 N–H and O–H groups in total. The second-order valence-corrected chi connectivity index (χ2v) is 3.91. The molecule has 0 amide bonds. The SMILES string of the molecule is O=C1CCCC(Cl)=C1C(=O)C(F)(F)C(F)(F)F. The Morgan fingerprint density at radius 3 is 2.06 bits per heavy atom. The minimum atomic E-state index is -6.04. The van der Waals surface area contributed by atoms with Crippen LogP contribution in [0.3, 0.4) is 0 Å². The molecule has 0 unspecified atom stereocenters. The maximum Gasteiger partial charge on any atom is 0.461 e. The Bertz CT molecular complexity index is 397. The molecule has 0 fully saturated rings. The highest BCUT2D eigenvalue weighted by Crippen LogP contribution is 2.40. The quantitative estimate of drug-likeness (QED) is 0.574. The summed E-state index contributed by atoms with van der Waals surface area (Å²) < 4.78 is 61.3. The molecule has 0 saturated heterocycles. The predicted molar refractivity (Wildman–Crippen MR) is 47.7 cm³/mol. The second kappa shape index (κ2) is 4.36. The highest BCUT2D eigenvalue weighted by atomic mass is 35.5. The zero-order valence-corrected chi connectivity index (χ0v) is 8.96. The summed E-state index contributed by atoms with van der Waals surface area (Å²) >= 11 is 5.37. The fourth-order valence-corrected chi connectivity index (χ4v) is 1.67. The van der Waals surface area contributed by atoms with Crippen LogP contribution in [-0.4, -0.2) is 23.7 Å². The lowest BCUT2D eigenvalue weighted by Gasteiger charge is -2.21. The predicted octanol–water partition coefficient (Wildman–Crippen LogP) is 3.00. The first-order chi connectivity index (χ1) is 7.59. The van der Waals surface area contributed by atoms with Gasteiger partial charge in [0, 0.05) is 11.5 Å². The molecule has 0 atom stereocenters. The molecule has 0 aromatic carbocycles. The molecule has 96 valence electrons. The van der Waals surface area contributed by atoms with Crippen molar-refractivity contribution < 1.29 is 31.5 Å². The average Bonchev–Trinajstić information content (AvgIpc) is 2.15. The van der Waals surface area contributed by atoms with Crippen LogP contribution in [0.4, 0.5) is 22.0 Å². The summed E-state index contributed by atoms with van der Waals surface area (Å²) in [4.78, 5) is 22.2. The third kappa shape index (κ3) is 2.48. The lowest BCUT2D eigenvalue weighted by atomic mass is 9.92. The van der Waals surface area contributed by atoms with Crippen molar-refractivity contribution in [2.75, 3.05) is 0 Å². The molecule has 8 heteroatoms. The van der Waals surface area contributed by atoms with Gasteiger partial charge in [-0.05, 0) is 12.8 Å². The van der Waals surface area contributed by atoms with Gasteiger partial charge in [-0.2, -0.15) is 22.0 Å². The summed E-state index contributed by atoms with van der Waals surface area (Å²) in [5.41, 5.74) is -1.22. The Morgan fingerprint density at radius 2 is 1.65 bits per heavy atom. The maximum absolute atomic E-state index is 12.7. The maximum atomic E-state index is 12.7. The molecule has 0 bridgehead atoms. The standard InChI is InChI=1S/C9H6ClF5O2/c10-4-2-1-3-5(16)6(4)7(17)8(11,12)9(13,14)15/h1-3H2. The van der Waals surface area contributed by atoms with Gasteiger partial charge in [-0.15, -0.1) is 0 Å². The Morgan fingerprint density at radius 1 is 1.12 bits per heavy atom. The summed E-state index contributed by atoms with van der Waals surface area (Å²) in [6.45, 7) is 0. The van der Waals surface area contributed by atoms with Crippen LogP contribution in [0.5, 0.6) is 0 Å². The van der Waals surface area contributed by atoms with Gasteiger partial charge in [0.05, 0.1) is 5.57 Å². The lowest BCUT2D eigenvalue weighted by Crippen LogP contribution is -2.46. The minimum Gasteiger partial charge on any atom is -0.294 e. The molecule has 17 heavy (non-hydrogen) atoms. The summed E-state index contributed by atoms with van der Waals surface area (Å²) in [7, 11) is 0. The summed E-state index contributed by atoms with van der Waals surface area (Å²) in [5.74, 6) is -9.23. The molecule has 1 aliphatic rings. The molecule has 0 saturated carbocycles. The molecule has 1 rings (SSSR count). The van der Waals surface area contributed by atoms with Crippen molar-refractivity contribution in [2.24, 2.45) is 0 Å². The van der Waals surface area contributed by atoms with E-state index in [9.17, 15) is 31.5 Å². The van der Waals surface area contributed by atoms with Gasteiger partial charge in [-0.25, -0.2) is 0 Å². The van der Waals surface area contributed by atoms with Gasteiger partial charge < -0.3 is 0 Å². The Kier molecular flexibility index (Phi) is 3.61. The van der Waals surface area contributed by atoms with E-state index in [-0.39, 0.29) is 19.3 Å². The Labute approximate surface area is 97.4 Å². The van der Waals surface area contributed by atoms with Gasteiger partial charge in [-0.3, -0.25) is 9.59 Å². The Hall–Kier alpha value is -0.980. The van der Waals surface area contributed by atoms with Crippen molar-refractivity contribution in [3.05, 3.63) is 10.6 Å². The number of ketones is 2. The summed E-state index contributed by atoms with van der Waals surface area (Å²) in [5, 5.41) is -0.532. The molecular formula is C9H6ClF5O2. The van der Waals surface area contributed by atoms with E-state index in [0.29, 0.717) is 0 Å². The summed E-state index contributed by atoms with van der Waals surface area (Å²) in [6.07, 6.45) is -6.12. The van der Waals surface area contributed by atoms with Crippen molar-refractivity contribution in [2.45, 2.75) is 31.4 Å². The molecule has 0 aromatic heterocycles. The van der Waals surface area contributed by atoms with Gasteiger partial charge >= 0.3 is 12.1 Å². The molecule has 0 radical (unpaired) electrons. The first-order valence-corrected chi connectivity index (χ1v) is 4.88. The average molecular weight is 277 g/mol. The van der Waals surface area contributed by atoms with Crippen LogP contribution in [0.15, 0.2) is 10.6 Å². The smallest absolute Gasteiger partial charge is 0.294 e. The van der Waals surface area contributed by atoms with Crippen LogP contribution < -0.4 is 0 Å². The number of hydrogen-bond donors (Lipinski definition) is 0. The van der Waals surface area contributed by atoms with Gasteiger partial charge in [-0.1, -0.05) is 11.6 Å². The number of Topliss-reactive ketones (excluding diaryl/α,β-unsaturated/α-hetero) is 2. The number of rotatable bonds is 2. The first kappa shape index (κ1) is 14.1. The van der Waals surface area contributed by atoms with E-state index in [2.05, 4.69) is 0 Å².